The van der Waals surface area contributed by atoms with E-state index in [0.29, 0.717) is 17.1 Å². The first-order valence-electron chi connectivity index (χ1n) is 10.6. The second-order valence-electron chi connectivity index (χ2n) is 7.87. The zero-order valence-corrected chi connectivity index (χ0v) is 20.7. The third-order valence-corrected chi connectivity index (χ3v) is 6.93. The second kappa shape index (κ2) is 10.5. The van der Waals surface area contributed by atoms with Crippen molar-refractivity contribution in [3.05, 3.63) is 77.4 Å². The van der Waals surface area contributed by atoms with Crippen molar-refractivity contribution in [2.45, 2.75) is 18.7 Å². The Balaban J connectivity index is 2.02. The molecule has 0 unspecified atom stereocenters. The number of methoxy groups -OCH3 is 2. The lowest BCUT2D eigenvalue weighted by atomic mass is 10.1. The number of nitrogens with one attached hydrogen (secondary N) is 1. The van der Waals surface area contributed by atoms with E-state index in [-0.39, 0.29) is 16.2 Å². The summed E-state index contributed by atoms with van der Waals surface area (Å²) in [7, 11) is -1.34. The molecule has 0 atom stereocenters. The highest BCUT2D eigenvalue weighted by molar-refractivity contribution is 7.92. The highest BCUT2D eigenvalue weighted by Gasteiger charge is 2.29. The van der Waals surface area contributed by atoms with Crippen LogP contribution in [0.1, 0.15) is 21.5 Å². The van der Waals surface area contributed by atoms with Crippen LogP contribution in [-0.2, 0) is 14.8 Å². The Morgan fingerprint density at radius 2 is 1.57 bits per heavy atom. The molecule has 3 rings (SSSR count). The monoisotopic (exact) mass is 497 g/mol. The van der Waals surface area contributed by atoms with Crippen LogP contribution in [0.15, 0.2) is 65.6 Å². The third kappa shape index (κ3) is 5.90. The molecule has 0 aromatic heterocycles. The van der Waals surface area contributed by atoms with Crippen LogP contribution in [0.5, 0.6) is 11.5 Å². The van der Waals surface area contributed by atoms with E-state index in [1.807, 2.05) is 19.9 Å². The van der Waals surface area contributed by atoms with E-state index < -0.39 is 28.4 Å². The van der Waals surface area contributed by atoms with Gasteiger partial charge in [0.25, 0.3) is 10.0 Å². The SMILES string of the molecule is COc1ccc(S(=O)(=O)N(CC(=O)Nc2cccc(C(N)=O)c2)c2cc(C)cc(C)c2)cc1OC. The fourth-order valence-electron chi connectivity index (χ4n) is 3.60. The molecule has 0 aliphatic carbocycles. The number of hydrogen-bond acceptors (Lipinski definition) is 6. The van der Waals surface area contributed by atoms with Crippen LogP contribution in [0.2, 0.25) is 0 Å². The molecule has 0 radical (unpaired) electrons. The number of rotatable bonds is 9. The largest absolute Gasteiger partial charge is 0.493 e. The van der Waals surface area contributed by atoms with Crippen molar-refractivity contribution in [3.63, 3.8) is 0 Å². The topological polar surface area (TPSA) is 128 Å². The van der Waals surface area contributed by atoms with Gasteiger partial charge in [-0.05, 0) is 67.4 Å². The number of anilines is 2. The quantitative estimate of drug-likeness (QED) is 0.467. The van der Waals surface area contributed by atoms with Gasteiger partial charge in [-0.3, -0.25) is 13.9 Å². The van der Waals surface area contributed by atoms with Gasteiger partial charge in [-0.1, -0.05) is 12.1 Å². The van der Waals surface area contributed by atoms with E-state index in [2.05, 4.69) is 5.32 Å². The zero-order chi connectivity index (χ0) is 25.8. The molecule has 0 saturated heterocycles. The summed E-state index contributed by atoms with van der Waals surface area (Å²) in [6, 6.07) is 15.6. The predicted molar refractivity (Wildman–Crippen MR) is 134 cm³/mol. The Labute approximate surface area is 204 Å². The summed E-state index contributed by atoms with van der Waals surface area (Å²) in [6.07, 6.45) is 0. The minimum absolute atomic E-state index is 0.0714. The molecule has 0 fully saturated rings. The Kier molecular flexibility index (Phi) is 7.65. The average Bonchev–Trinajstić information content (AvgIpc) is 2.81. The van der Waals surface area contributed by atoms with Gasteiger partial charge >= 0.3 is 0 Å². The minimum atomic E-state index is -4.19. The summed E-state index contributed by atoms with van der Waals surface area (Å²) in [5.74, 6) is -0.637. The molecule has 0 saturated carbocycles. The number of nitrogens with zero attached hydrogens (tertiary/aromatic N) is 1. The van der Waals surface area contributed by atoms with Gasteiger partial charge in [-0.15, -0.1) is 0 Å². The van der Waals surface area contributed by atoms with Gasteiger partial charge in [0.2, 0.25) is 11.8 Å². The Hall–Kier alpha value is -4.05. The van der Waals surface area contributed by atoms with Gasteiger partial charge in [0.15, 0.2) is 11.5 Å². The molecule has 35 heavy (non-hydrogen) atoms. The molecule has 0 aliphatic rings. The molecule has 3 aromatic rings. The van der Waals surface area contributed by atoms with Crippen molar-refractivity contribution < 1.29 is 27.5 Å². The highest BCUT2D eigenvalue weighted by Crippen LogP contribution is 2.32. The maximum absolute atomic E-state index is 13.7. The van der Waals surface area contributed by atoms with Gasteiger partial charge in [0.05, 0.1) is 24.8 Å². The van der Waals surface area contributed by atoms with Crippen LogP contribution in [0, 0.1) is 13.8 Å². The molecule has 0 spiro atoms. The molecule has 0 bridgehead atoms. The Bertz CT molecular complexity index is 1350. The van der Waals surface area contributed by atoms with Crippen molar-refractivity contribution in [2.75, 3.05) is 30.4 Å². The molecule has 0 heterocycles. The summed E-state index contributed by atoms with van der Waals surface area (Å²) in [6.45, 7) is 3.17. The van der Waals surface area contributed by atoms with Crippen LogP contribution >= 0.6 is 0 Å². The number of nitrogens with two attached hydrogens (primary N) is 1. The number of sulfonamides is 1. The van der Waals surface area contributed by atoms with Crippen molar-refractivity contribution in [1.29, 1.82) is 0 Å². The summed E-state index contributed by atoms with van der Waals surface area (Å²) >= 11 is 0. The van der Waals surface area contributed by atoms with Crippen LogP contribution in [0.3, 0.4) is 0 Å². The maximum atomic E-state index is 13.7. The van der Waals surface area contributed by atoms with Gasteiger partial charge in [0, 0.05) is 17.3 Å². The van der Waals surface area contributed by atoms with Crippen LogP contribution < -0.4 is 24.8 Å². The maximum Gasteiger partial charge on any atom is 0.264 e. The smallest absolute Gasteiger partial charge is 0.264 e. The first kappa shape index (κ1) is 25.6. The van der Waals surface area contributed by atoms with Gasteiger partial charge in [-0.25, -0.2) is 8.42 Å². The van der Waals surface area contributed by atoms with Crippen LogP contribution in [0.25, 0.3) is 0 Å². The first-order valence-corrected chi connectivity index (χ1v) is 12.0. The van der Waals surface area contributed by atoms with E-state index in [9.17, 15) is 18.0 Å². The lowest BCUT2D eigenvalue weighted by Gasteiger charge is -2.25. The second-order valence-corrected chi connectivity index (χ2v) is 9.73. The van der Waals surface area contributed by atoms with Crippen LogP contribution in [-0.4, -0.2) is 41.0 Å². The molecule has 3 aromatic carbocycles. The number of benzene rings is 3. The molecule has 3 N–H and O–H groups in total. The van der Waals surface area contributed by atoms with Crippen molar-refractivity contribution in [1.82, 2.24) is 0 Å². The van der Waals surface area contributed by atoms with Crippen LogP contribution in [0.4, 0.5) is 11.4 Å². The molecule has 10 heteroatoms. The number of primary amides is 1. The number of carbonyl (C=O) groups excluding carboxylic acids is 2. The molecule has 2 amide bonds. The van der Waals surface area contributed by atoms with E-state index in [1.54, 1.807) is 24.3 Å². The fourth-order valence-corrected chi connectivity index (χ4v) is 5.02. The first-order chi connectivity index (χ1) is 16.5. The summed E-state index contributed by atoms with van der Waals surface area (Å²) in [5, 5.41) is 2.63. The number of amides is 2. The lowest BCUT2D eigenvalue weighted by Crippen LogP contribution is -2.38. The van der Waals surface area contributed by atoms with Gasteiger partial charge in [-0.2, -0.15) is 0 Å². The number of ether oxygens (including phenoxy) is 2. The Morgan fingerprint density at radius 3 is 2.17 bits per heavy atom. The summed E-state index contributed by atoms with van der Waals surface area (Å²) in [4.78, 5) is 24.4. The van der Waals surface area contributed by atoms with E-state index in [0.717, 1.165) is 15.4 Å². The molecular formula is C25H27N3O6S. The van der Waals surface area contributed by atoms with Crippen molar-refractivity contribution >= 4 is 33.2 Å². The van der Waals surface area contributed by atoms with E-state index >= 15 is 0 Å². The standard InChI is InChI=1S/C25H27N3O6S/c1-16-10-17(2)12-20(11-16)28(15-24(29)27-19-7-5-6-18(13-19)25(26)30)35(31,32)21-8-9-22(33-3)23(14-21)34-4/h5-14H,15H2,1-4H3,(H2,26,30)(H,27,29). The fraction of sp³-hybridized carbons (Fsp3) is 0.200. The lowest BCUT2D eigenvalue weighted by molar-refractivity contribution is -0.114. The Morgan fingerprint density at radius 1 is 0.914 bits per heavy atom. The number of carbonyl (C=O) groups is 2. The highest BCUT2D eigenvalue weighted by atomic mass is 32.2. The molecular weight excluding hydrogens is 470 g/mol. The average molecular weight is 498 g/mol. The molecule has 184 valence electrons. The minimum Gasteiger partial charge on any atom is -0.493 e. The normalized spacial score (nSPS) is 11.0. The van der Waals surface area contributed by atoms with Gasteiger partial charge < -0.3 is 20.5 Å². The van der Waals surface area contributed by atoms with E-state index in [4.69, 9.17) is 15.2 Å². The van der Waals surface area contributed by atoms with Crippen molar-refractivity contribution in [3.8, 4) is 11.5 Å². The third-order valence-electron chi connectivity index (χ3n) is 5.16. The number of aryl methyl sites for hydroxylation is 2. The predicted octanol–water partition coefficient (Wildman–Crippen LogP) is 3.25. The zero-order valence-electron chi connectivity index (χ0n) is 19.9. The molecule has 9 nitrogen and oxygen atoms in total. The summed E-state index contributed by atoms with van der Waals surface area (Å²) < 4.78 is 39.0. The van der Waals surface area contributed by atoms with Crippen molar-refractivity contribution in [2.24, 2.45) is 5.73 Å². The van der Waals surface area contributed by atoms with E-state index in [1.165, 1.54) is 44.6 Å². The summed E-state index contributed by atoms with van der Waals surface area (Å²) in [5.41, 5.74) is 7.84. The van der Waals surface area contributed by atoms with Gasteiger partial charge in [0.1, 0.15) is 6.54 Å². The number of hydrogen-bond donors (Lipinski definition) is 2. The molecule has 0 aliphatic heterocycles.